The van der Waals surface area contributed by atoms with Crippen LogP contribution < -0.4 is 4.72 Å². The number of rotatable bonds is 5. The van der Waals surface area contributed by atoms with Crippen molar-refractivity contribution in [1.29, 1.82) is 0 Å². The monoisotopic (exact) mass is 454 g/mol. The first-order valence-electron chi connectivity index (χ1n) is 10.9. The number of aromatic nitrogens is 1. The van der Waals surface area contributed by atoms with Gasteiger partial charge in [0, 0.05) is 11.3 Å². The number of sulfonamides is 1. The number of anilines is 1. The van der Waals surface area contributed by atoms with Crippen LogP contribution in [0.25, 0.3) is 0 Å². The van der Waals surface area contributed by atoms with Gasteiger partial charge in [0.25, 0.3) is 10.0 Å². The van der Waals surface area contributed by atoms with Crippen LogP contribution in [0, 0.1) is 27.7 Å². The number of carbonyl (C=O) groups excluding carboxylic acids is 1. The zero-order valence-corrected chi connectivity index (χ0v) is 21.1. The van der Waals surface area contributed by atoms with Crippen molar-refractivity contribution in [2.75, 3.05) is 4.72 Å². The summed E-state index contributed by atoms with van der Waals surface area (Å²) in [6, 6.07) is 15.1. The van der Waals surface area contributed by atoms with Crippen LogP contribution in [0.3, 0.4) is 0 Å². The van der Waals surface area contributed by atoms with Crippen molar-refractivity contribution in [3.05, 3.63) is 88.2 Å². The molecule has 1 N–H and O–H groups in total. The average molecular weight is 455 g/mol. The lowest BCUT2D eigenvalue weighted by Gasteiger charge is -2.15. The van der Waals surface area contributed by atoms with Crippen molar-refractivity contribution in [3.63, 3.8) is 0 Å². The molecule has 0 radical (unpaired) electrons. The smallest absolute Gasteiger partial charge is 0.261 e. The molecule has 172 valence electrons. The van der Waals surface area contributed by atoms with E-state index in [1.165, 1.54) is 0 Å². The van der Waals surface area contributed by atoms with E-state index in [4.69, 9.17) is 0 Å². The maximum atomic E-state index is 13.1. The Labute approximate surface area is 193 Å². The summed E-state index contributed by atoms with van der Waals surface area (Å²) in [6.45, 7) is 15.4. The highest BCUT2D eigenvalue weighted by Crippen LogP contribution is 2.26. The number of benzene rings is 2. The maximum Gasteiger partial charge on any atom is 0.261 e. The van der Waals surface area contributed by atoms with Gasteiger partial charge in [0.05, 0.1) is 10.6 Å². The molecular formula is C26H34N2O3S. The highest BCUT2D eigenvalue weighted by atomic mass is 32.2. The summed E-state index contributed by atoms with van der Waals surface area (Å²) in [5, 5.41) is 0. The molecule has 3 aromatic rings. The fraction of sp³-hybridized carbons (Fsp3) is 0.308. The summed E-state index contributed by atoms with van der Waals surface area (Å²) in [6.07, 6.45) is 0. The predicted octanol–water partition coefficient (Wildman–Crippen LogP) is 6.40. The molecule has 0 unspecified atom stereocenters. The highest BCUT2D eigenvalue weighted by molar-refractivity contribution is 7.92. The molecule has 3 rings (SSSR count). The fourth-order valence-electron chi connectivity index (χ4n) is 2.82. The third-order valence-corrected chi connectivity index (χ3v) is 5.96. The molecular weight excluding hydrogens is 420 g/mol. The Kier molecular flexibility index (Phi) is 10.3. The largest absolute Gasteiger partial charge is 0.287 e. The summed E-state index contributed by atoms with van der Waals surface area (Å²) in [5.74, 6) is -0.326. The summed E-state index contributed by atoms with van der Waals surface area (Å²) in [7, 11) is -3.83. The van der Waals surface area contributed by atoms with Gasteiger partial charge in [-0.1, -0.05) is 51.5 Å². The van der Waals surface area contributed by atoms with Crippen LogP contribution in [0.15, 0.2) is 59.5 Å². The SMILES string of the molecule is CC.CC.Cc1ccc(S(=O)(=O)Nc2cc(C)c(C)cc2C(=O)c2cccc(C)n2)cc1. The quantitative estimate of drug-likeness (QED) is 0.453. The van der Waals surface area contributed by atoms with Crippen LogP contribution in [0.4, 0.5) is 5.69 Å². The van der Waals surface area contributed by atoms with Gasteiger partial charge in [0.15, 0.2) is 0 Å². The number of hydrogen-bond acceptors (Lipinski definition) is 4. The molecule has 6 heteroatoms. The lowest BCUT2D eigenvalue weighted by Crippen LogP contribution is -2.17. The second-order valence-electron chi connectivity index (χ2n) is 6.89. The van der Waals surface area contributed by atoms with Crippen LogP contribution in [-0.4, -0.2) is 19.2 Å². The maximum absolute atomic E-state index is 13.1. The highest BCUT2D eigenvalue weighted by Gasteiger charge is 2.21. The molecule has 0 aliphatic heterocycles. The Bertz CT molecular complexity index is 1150. The minimum Gasteiger partial charge on any atom is -0.287 e. The minimum absolute atomic E-state index is 0.142. The minimum atomic E-state index is -3.83. The van der Waals surface area contributed by atoms with Crippen LogP contribution in [-0.2, 0) is 10.0 Å². The molecule has 0 aliphatic rings. The first-order chi connectivity index (χ1) is 15.2. The second kappa shape index (κ2) is 12.2. The van der Waals surface area contributed by atoms with Crippen molar-refractivity contribution >= 4 is 21.5 Å². The molecule has 32 heavy (non-hydrogen) atoms. The number of aryl methyl sites for hydroxylation is 4. The van der Waals surface area contributed by atoms with E-state index in [2.05, 4.69) is 9.71 Å². The van der Waals surface area contributed by atoms with Crippen molar-refractivity contribution in [2.45, 2.75) is 60.3 Å². The van der Waals surface area contributed by atoms with E-state index in [-0.39, 0.29) is 27.6 Å². The molecule has 5 nitrogen and oxygen atoms in total. The third-order valence-electron chi connectivity index (χ3n) is 4.58. The molecule has 0 saturated heterocycles. The molecule has 0 spiro atoms. The first-order valence-corrected chi connectivity index (χ1v) is 12.3. The van der Waals surface area contributed by atoms with Crippen LogP contribution in [0.2, 0.25) is 0 Å². The molecule has 2 aromatic carbocycles. The lowest BCUT2D eigenvalue weighted by atomic mass is 9.99. The summed E-state index contributed by atoms with van der Waals surface area (Å²) < 4.78 is 28.3. The fourth-order valence-corrected chi connectivity index (χ4v) is 3.89. The Balaban J connectivity index is 0.00000121. The Morgan fingerprint density at radius 2 is 1.38 bits per heavy atom. The molecule has 0 bridgehead atoms. The number of nitrogens with zero attached hydrogens (tertiary/aromatic N) is 1. The van der Waals surface area contributed by atoms with Gasteiger partial charge in [0.1, 0.15) is 5.69 Å². The molecule has 0 fully saturated rings. The molecule has 0 amide bonds. The molecule has 0 aliphatic carbocycles. The van der Waals surface area contributed by atoms with Gasteiger partial charge in [-0.3, -0.25) is 9.52 Å². The van der Waals surface area contributed by atoms with Gasteiger partial charge in [-0.15, -0.1) is 0 Å². The van der Waals surface area contributed by atoms with Crippen molar-refractivity contribution in [1.82, 2.24) is 4.98 Å². The van der Waals surface area contributed by atoms with E-state index in [1.807, 2.05) is 48.5 Å². The van der Waals surface area contributed by atoms with E-state index >= 15 is 0 Å². The molecule has 1 heterocycles. The van der Waals surface area contributed by atoms with Gasteiger partial charge in [-0.2, -0.15) is 0 Å². The molecule has 0 atom stereocenters. The van der Waals surface area contributed by atoms with Crippen LogP contribution >= 0.6 is 0 Å². The third kappa shape index (κ3) is 6.76. The zero-order chi connectivity index (χ0) is 24.5. The predicted molar refractivity (Wildman–Crippen MR) is 133 cm³/mol. The number of pyridine rings is 1. The Hall–Kier alpha value is -2.99. The van der Waals surface area contributed by atoms with Crippen LogP contribution in [0.1, 0.15) is 66.1 Å². The number of hydrogen-bond donors (Lipinski definition) is 1. The van der Waals surface area contributed by atoms with E-state index in [1.54, 1.807) is 61.5 Å². The first kappa shape index (κ1) is 27.0. The van der Waals surface area contributed by atoms with Gasteiger partial charge in [-0.25, -0.2) is 13.4 Å². The van der Waals surface area contributed by atoms with E-state index < -0.39 is 10.0 Å². The van der Waals surface area contributed by atoms with E-state index in [9.17, 15) is 13.2 Å². The molecule has 1 aromatic heterocycles. The Morgan fingerprint density at radius 1 is 0.812 bits per heavy atom. The van der Waals surface area contributed by atoms with Crippen LogP contribution in [0.5, 0.6) is 0 Å². The zero-order valence-electron chi connectivity index (χ0n) is 20.3. The van der Waals surface area contributed by atoms with Gasteiger partial charge in [0.2, 0.25) is 5.78 Å². The van der Waals surface area contributed by atoms with Gasteiger partial charge >= 0.3 is 0 Å². The summed E-state index contributed by atoms with van der Waals surface area (Å²) in [4.78, 5) is 17.5. The number of carbonyl (C=O) groups is 1. The molecule has 0 saturated carbocycles. The standard InChI is InChI=1S/C22H22N2O3S.2C2H6/c1-14-8-10-18(11-9-14)28(26,27)24-21-13-16(3)15(2)12-19(21)22(25)20-7-5-6-17(4)23-20;2*1-2/h5-13,24H,1-4H3;2*1-2H3. The second-order valence-corrected chi connectivity index (χ2v) is 8.58. The Morgan fingerprint density at radius 3 is 1.94 bits per heavy atom. The lowest BCUT2D eigenvalue weighted by molar-refractivity contribution is 0.103. The van der Waals surface area contributed by atoms with Crippen molar-refractivity contribution < 1.29 is 13.2 Å². The van der Waals surface area contributed by atoms with Gasteiger partial charge in [-0.05, 0) is 75.2 Å². The number of ketones is 1. The normalized spacial score (nSPS) is 10.2. The summed E-state index contributed by atoms with van der Waals surface area (Å²) in [5.41, 5.74) is 4.26. The van der Waals surface area contributed by atoms with Crippen molar-refractivity contribution in [2.24, 2.45) is 0 Å². The van der Waals surface area contributed by atoms with Gasteiger partial charge < -0.3 is 0 Å². The van der Waals surface area contributed by atoms with Crippen molar-refractivity contribution in [3.8, 4) is 0 Å². The summed E-state index contributed by atoms with van der Waals surface area (Å²) >= 11 is 0. The topological polar surface area (TPSA) is 76.1 Å². The van der Waals surface area contributed by atoms with E-state index in [0.29, 0.717) is 0 Å². The van der Waals surface area contributed by atoms with E-state index in [0.717, 1.165) is 22.4 Å². The number of nitrogens with one attached hydrogen (secondary N) is 1. The average Bonchev–Trinajstić information content (AvgIpc) is 2.78.